The second kappa shape index (κ2) is 11.0. The molecule has 4 rings (SSSR count). The Morgan fingerprint density at radius 1 is 1.16 bits per heavy atom. The van der Waals surface area contributed by atoms with Crippen LogP contribution in [-0.2, 0) is 16.0 Å². The van der Waals surface area contributed by atoms with Crippen LogP contribution >= 0.6 is 0 Å². The van der Waals surface area contributed by atoms with Crippen molar-refractivity contribution in [3.63, 3.8) is 0 Å². The van der Waals surface area contributed by atoms with Crippen molar-refractivity contribution in [2.45, 2.75) is 69.9 Å². The van der Waals surface area contributed by atoms with E-state index in [1.165, 1.54) is 36.8 Å². The molecule has 2 unspecified atom stereocenters. The number of guanidine groups is 1. The van der Waals surface area contributed by atoms with E-state index in [1.54, 1.807) is 7.05 Å². The lowest BCUT2D eigenvalue weighted by atomic mass is 9.89. The van der Waals surface area contributed by atoms with Crippen molar-refractivity contribution < 1.29 is 9.53 Å². The van der Waals surface area contributed by atoms with Crippen LogP contribution in [0.1, 0.15) is 68.6 Å². The van der Waals surface area contributed by atoms with Crippen molar-refractivity contribution in [3.8, 4) is 0 Å². The fourth-order valence-corrected chi connectivity index (χ4v) is 5.28. The summed E-state index contributed by atoms with van der Waals surface area (Å²) >= 11 is 0. The Kier molecular flexibility index (Phi) is 7.84. The summed E-state index contributed by atoms with van der Waals surface area (Å²) in [6.45, 7) is 3.22. The van der Waals surface area contributed by atoms with Crippen LogP contribution in [0.15, 0.2) is 29.3 Å². The third-order valence-corrected chi connectivity index (χ3v) is 7.02. The number of carbonyl (C=O) groups excluding carboxylic acids is 1. The first-order valence-corrected chi connectivity index (χ1v) is 12.2. The minimum atomic E-state index is 0.240. The van der Waals surface area contributed by atoms with Gasteiger partial charge in [0.15, 0.2) is 5.96 Å². The largest absolute Gasteiger partial charge is 0.373 e. The Morgan fingerprint density at radius 2 is 2.00 bits per heavy atom. The number of ether oxygens (including phenoxy) is 1. The van der Waals surface area contributed by atoms with Gasteiger partial charge in [0, 0.05) is 45.2 Å². The van der Waals surface area contributed by atoms with Gasteiger partial charge in [-0.2, -0.15) is 0 Å². The van der Waals surface area contributed by atoms with E-state index in [0.717, 1.165) is 64.3 Å². The summed E-state index contributed by atoms with van der Waals surface area (Å²) < 4.78 is 6.20. The van der Waals surface area contributed by atoms with Crippen LogP contribution in [0.4, 0.5) is 0 Å². The Bertz CT molecular complexity index is 760. The number of hydrogen-bond acceptors (Lipinski definition) is 3. The quantitative estimate of drug-likeness (QED) is 0.398. The second-order valence-corrected chi connectivity index (χ2v) is 9.20. The van der Waals surface area contributed by atoms with Gasteiger partial charge in [-0.1, -0.05) is 37.1 Å². The number of amides is 1. The summed E-state index contributed by atoms with van der Waals surface area (Å²) in [5.41, 5.74) is 2.82. The molecule has 170 valence electrons. The molecule has 1 amide bonds. The van der Waals surface area contributed by atoms with Gasteiger partial charge in [0.05, 0.1) is 6.10 Å². The van der Waals surface area contributed by atoms with Crippen molar-refractivity contribution in [1.29, 1.82) is 0 Å². The molecule has 1 aromatic rings. The highest BCUT2D eigenvalue weighted by atomic mass is 16.5. The van der Waals surface area contributed by atoms with E-state index >= 15 is 0 Å². The predicted octanol–water partition coefficient (Wildman–Crippen LogP) is 3.43. The van der Waals surface area contributed by atoms with Gasteiger partial charge in [-0.05, 0) is 56.1 Å². The molecular weight excluding hydrogens is 388 g/mol. The van der Waals surface area contributed by atoms with Crippen molar-refractivity contribution in [3.05, 3.63) is 35.4 Å². The summed E-state index contributed by atoms with van der Waals surface area (Å²) in [6, 6.07) is 8.96. The van der Waals surface area contributed by atoms with E-state index in [9.17, 15) is 4.79 Å². The zero-order valence-corrected chi connectivity index (χ0v) is 18.9. The maximum atomic E-state index is 12.6. The van der Waals surface area contributed by atoms with Crippen LogP contribution in [0.2, 0.25) is 0 Å². The molecule has 2 aliphatic carbocycles. The monoisotopic (exact) mass is 426 g/mol. The molecular formula is C25H38N4O2. The Balaban J connectivity index is 1.14. The van der Waals surface area contributed by atoms with Crippen LogP contribution < -0.4 is 10.6 Å². The molecule has 2 N–H and O–H groups in total. The number of aryl methyl sites for hydroxylation is 1. The molecule has 0 radical (unpaired) electrons. The summed E-state index contributed by atoms with van der Waals surface area (Å²) in [5, 5.41) is 6.91. The predicted molar refractivity (Wildman–Crippen MR) is 124 cm³/mol. The highest BCUT2D eigenvalue weighted by molar-refractivity contribution is 5.81. The van der Waals surface area contributed by atoms with Crippen LogP contribution in [-0.4, -0.2) is 56.1 Å². The maximum Gasteiger partial charge on any atom is 0.225 e. The normalized spacial score (nSPS) is 24.3. The third kappa shape index (κ3) is 5.79. The summed E-state index contributed by atoms with van der Waals surface area (Å²) in [4.78, 5) is 19.1. The molecule has 0 bridgehead atoms. The lowest BCUT2D eigenvalue weighted by Gasteiger charge is -2.25. The first-order chi connectivity index (χ1) is 15.2. The van der Waals surface area contributed by atoms with Gasteiger partial charge in [-0.25, -0.2) is 0 Å². The SMILES string of the molecule is CN=C(NCCCOC1CCCc2ccccc21)NC1CCN(C(=O)C2CCCC2)C1. The minimum absolute atomic E-state index is 0.240. The third-order valence-electron chi connectivity index (χ3n) is 7.02. The average molecular weight is 427 g/mol. The zero-order valence-electron chi connectivity index (χ0n) is 18.9. The van der Waals surface area contributed by atoms with E-state index in [4.69, 9.17) is 4.74 Å². The number of benzene rings is 1. The highest BCUT2D eigenvalue weighted by Crippen LogP contribution is 2.32. The van der Waals surface area contributed by atoms with Crippen molar-refractivity contribution in [2.75, 3.05) is 33.3 Å². The van der Waals surface area contributed by atoms with Crippen molar-refractivity contribution in [2.24, 2.45) is 10.9 Å². The molecule has 1 heterocycles. The van der Waals surface area contributed by atoms with Gasteiger partial charge in [-0.3, -0.25) is 9.79 Å². The number of likely N-dealkylation sites (tertiary alicyclic amines) is 1. The smallest absolute Gasteiger partial charge is 0.225 e. The van der Waals surface area contributed by atoms with Crippen molar-refractivity contribution >= 4 is 11.9 Å². The van der Waals surface area contributed by atoms with Crippen LogP contribution in [0.5, 0.6) is 0 Å². The molecule has 1 saturated heterocycles. The summed E-state index contributed by atoms with van der Waals surface area (Å²) in [7, 11) is 1.81. The molecule has 0 aromatic heterocycles. The van der Waals surface area contributed by atoms with E-state index in [0.29, 0.717) is 5.91 Å². The lowest BCUT2D eigenvalue weighted by Crippen LogP contribution is -2.45. The maximum absolute atomic E-state index is 12.6. The molecule has 31 heavy (non-hydrogen) atoms. The first-order valence-electron chi connectivity index (χ1n) is 12.2. The van der Waals surface area contributed by atoms with Gasteiger partial charge in [-0.15, -0.1) is 0 Å². The molecule has 6 nitrogen and oxygen atoms in total. The standard InChI is InChI=1S/C25H38N4O2/c1-26-25(28-21-14-16-29(18-21)24(30)20-9-2-3-10-20)27-15-7-17-31-23-13-6-11-19-8-4-5-12-22(19)23/h4-5,8,12,20-21,23H,2-3,6-7,9-11,13-18H2,1H3,(H2,26,27,28). The van der Waals surface area contributed by atoms with Gasteiger partial charge in [0.2, 0.25) is 5.91 Å². The lowest BCUT2D eigenvalue weighted by molar-refractivity contribution is -0.134. The molecule has 3 aliphatic rings. The number of carbonyl (C=O) groups is 1. The molecule has 1 aliphatic heterocycles. The topological polar surface area (TPSA) is 66.0 Å². The van der Waals surface area contributed by atoms with Gasteiger partial charge < -0.3 is 20.3 Å². The number of fused-ring (bicyclic) bond motifs is 1. The van der Waals surface area contributed by atoms with E-state index in [1.807, 2.05) is 0 Å². The Labute approximate surface area is 186 Å². The fraction of sp³-hybridized carbons (Fsp3) is 0.680. The number of nitrogens with zero attached hydrogens (tertiary/aromatic N) is 2. The zero-order chi connectivity index (χ0) is 21.5. The summed E-state index contributed by atoms with van der Waals surface area (Å²) in [6.07, 6.45) is 10.2. The Hall–Kier alpha value is -2.08. The molecule has 1 saturated carbocycles. The second-order valence-electron chi connectivity index (χ2n) is 9.20. The molecule has 6 heteroatoms. The number of aliphatic imine (C=N–C) groups is 1. The minimum Gasteiger partial charge on any atom is -0.373 e. The number of nitrogens with one attached hydrogen (secondary N) is 2. The molecule has 2 fully saturated rings. The van der Waals surface area contributed by atoms with Gasteiger partial charge in [0.25, 0.3) is 0 Å². The van der Waals surface area contributed by atoms with E-state index in [2.05, 4.69) is 44.8 Å². The van der Waals surface area contributed by atoms with E-state index < -0.39 is 0 Å². The average Bonchev–Trinajstić information content (AvgIpc) is 3.50. The number of rotatable bonds is 7. The van der Waals surface area contributed by atoms with Crippen molar-refractivity contribution in [1.82, 2.24) is 15.5 Å². The molecule has 0 spiro atoms. The Morgan fingerprint density at radius 3 is 2.84 bits per heavy atom. The number of hydrogen-bond donors (Lipinski definition) is 2. The molecule has 1 aromatic carbocycles. The van der Waals surface area contributed by atoms with Crippen LogP contribution in [0.25, 0.3) is 0 Å². The fourth-order valence-electron chi connectivity index (χ4n) is 5.28. The van der Waals surface area contributed by atoms with Gasteiger partial charge >= 0.3 is 0 Å². The highest BCUT2D eigenvalue weighted by Gasteiger charge is 2.32. The van der Waals surface area contributed by atoms with E-state index in [-0.39, 0.29) is 18.1 Å². The van der Waals surface area contributed by atoms with Crippen LogP contribution in [0, 0.1) is 5.92 Å². The first kappa shape index (κ1) is 22.1. The summed E-state index contributed by atoms with van der Waals surface area (Å²) in [5.74, 6) is 1.46. The van der Waals surface area contributed by atoms with Gasteiger partial charge in [0.1, 0.15) is 0 Å². The van der Waals surface area contributed by atoms with Crippen LogP contribution in [0.3, 0.4) is 0 Å². The molecule has 2 atom stereocenters.